The number of hydrogen-bond acceptors (Lipinski definition) is 5. The topological polar surface area (TPSA) is 82.5 Å². The number of nitrogen functional groups attached to an aromatic ring is 1. The van der Waals surface area contributed by atoms with E-state index >= 15 is 0 Å². The fourth-order valence-corrected chi connectivity index (χ4v) is 2.43. The molecule has 102 valence electrons. The first-order chi connectivity index (χ1) is 10.3. The van der Waals surface area contributed by atoms with Crippen LogP contribution in [0.2, 0.25) is 0 Å². The summed E-state index contributed by atoms with van der Waals surface area (Å²) in [6, 6.07) is 10.2. The third-order valence-electron chi connectivity index (χ3n) is 3.45. The second-order valence-electron chi connectivity index (χ2n) is 4.83. The van der Waals surface area contributed by atoms with Crippen LogP contribution in [0.3, 0.4) is 0 Å². The molecule has 1 aromatic carbocycles. The van der Waals surface area contributed by atoms with E-state index in [0.29, 0.717) is 17.9 Å². The molecule has 4 aromatic rings. The summed E-state index contributed by atoms with van der Waals surface area (Å²) in [4.78, 5) is 16.8. The third-order valence-corrected chi connectivity index (χ3v) is 3.45. The van der Waals surface area contributed by atoms with Crippen LogP contribution in [-0.2, 0) is 6.54 Å². The quantitative estimate of drug-likeness (QED) is 0.605. The predicted octanol–water partition coefficient (Wildman–Crippen LogP) is 2.00. The Morgan fingerprint density at radius 2 is 2.00 bits per heavy atom. The number of hydrogen-bond donors (Lipinski definition) is 1. The fraction of sp³-hybridized carbons (Fsp3) is 0.0667. The Labute approximate surface area is 120 Å². The minimum absolute atomic E-state index is 0.404. The minimum atomic E-state index is 0.404. The number of aromatic nitrogens is 5. The van der Waals surface area contributed by atoms with Crippen LogP contribution >= 0.6 is 0 Å². The van der Waals surface area contributed by atoms with Crippen molar-refractivity contribution in [2.24, 2.45) is 0 Å². The van der Waals surface area contributed by atoms with Crippen molar-refractivity contribution in [1.29, 1.82) is 0 Å². The molecular formula is C15H12N6. The summed E-state index contributed by atoms with van der Waals surface area (Å²) in [5.41, 5.74) is 9.33. The Morgan fingerprint density at radius 3 is 2.95 bits per heavy atom. The van der Waals surface area contributed by atoms with Crippen molar-refractivity contribution in [1.82, 2.24) is 24.5 Å². The van der Waals surface area contributed by atoms with Gasteiger partial charge in [-0.05, 0) is 23.8 Å². The van der Waals surface area contributed by atoms with Crippen LogP contribution < -0.4 is 5.73 Å². The summed E-state index contributed by atoms with van der Waals surface area (Å²) in [6.07, 6.45) is 4.99. The van der Waals surface area contributed by atoms with Gasteiger partial charge in [-0.1, -0.05) is 12.1 Å². The van der Waals surface area contributed by atoms with Gasteiger partial charge in [0.15, 0.2) is 11.5 Å². The van der Waals surface area contributed by atoms with Gasteiger partial charge in [0.2, 0.25) is 0 Å². The molecule has 0 radical (unpaired) electrons. The monoisotopic (exact) mass is 276 g/mol. The zero-order chi connectivity index (χ0) is 14.2. The molecule has 0 fully saturated rings. The number of rotatable bonds is 2. The lowest BCUT2D eigenvalue weighted by Crippen LogP contribution is -2.00. The van der Waals surface area contributed by atoms with Gasteiger partial charge in [0.1, 0.15) is 11.8 Å². The van der Waals surface area contributed by atoms with Gasteiger partial charge >= 0.3 is 0 Å². The Balaban J connectivity index is 1.77. The summed E-state index contributed by atoms with van der Waals surface area (Å²) >= 11 is 0. The van der Waals surface area contributed by atoms with Gasteiger partial charge in [-0.2, -0.15) is 0 Å². The molecular weight excluding hydrogens is 264 g/mol. The summed E-state index contributed by atoms with van der Waals surface area (Å²) in [7, 11) is 0. The second-order valence-corrected chi connectivity index (χ2v) is 4.83. The van der Waals surface area contributed by atoms with E-state index in [9.17, 15) is 0 Å². The van der Waals surface area contributed by atoms with Gasteiger partial charge in [0.05, 0.1) is 18.4 Å². The molecule has 0 unspecified atom stereocenters. The zero-order valence-electron chi connectivity index (χ0n) is 11.1. The van der Waals surface area contributed by atoms with E-state index in [4.69, 9.17) is 5.73 Å². The standard InChI is InChI=1S/C15H12N6/c16-14-13-15(19-8-18-14)21(9-20-13)7-10-3-4-12-11(6-10)2-1-5-17-12/h1-6,8-9H,7H2,(H2,16,18,19). The average Bonchev–Trinajstić information content (AvgIpc) is 2.92. The van der Waals surface area contributed by atoms with Crippen LogP contribution in [0.15, 0.2) is 49.2 Å². The van der Waals surface area contributed by atoms with Crippen molar-refractivity contribution in [3.63, 3.8) is 0 Å². The fourth-order valence-electron chi connectivity index (χ4n) is 2.43. The number of pyridine rings is 1. The molecule has 0 spiro atoms. The van der Waals surface area contributed by atoms with E-state index in [0.717, 1.165) is 22.1 Å². The van der Waals surface area contributed by atoms with Crippen LogP contribution in [0.4, 0.5) is 5.82 Å². The van der Waals surface area contributed by atoms with Gasteiger partial charge in [0.25, 0.3) is 0 Å². The number of nitrogens with zero attached hydrogens (tertiary/aromatic N) is 5. The first-order valence-electron chi connectivity index (χ1n) is 6.56. The molecule has 0 aliphatic carbocycles. The van der Waals surface area contributed by atoms with Crippen LogP contribution in [0.25, 0.3) is 22.1 Å². The van der Waals surface area contributed by atoms with E-state index in [-0.39, 0.29) is 0 Å². The summed E-state index contributed by atoms with van der Waals surface area (Å²) in [6.45, 7) is 0.678. The molecule has 3 heterocycles. The highest BCUT2D eigenvalue weighted by Crippen LogP contribution is 2.18. The van der Waals surface area contributed by atoms with E-state index < -0.39 is 0 Å². The molecule has 6 heteroatoms. The second kappa shape index (κ2) is 4.52. The maximum Gasteiger partial charge on any atom is 0.165 e. The first-order valence-corrected chi connectivity index (χ1v) is 6.56. The lowest BCUT2D eigenvalue weighted by atomic mass is 10.1. The van der Waals surface area contributed by atoms with Gasteiger partial charge < -0.3 is 10.3 Å². The van der Waals surface area contributed by atoms with Gasteiger partial charge in [-0.3, -0.25) is 4.98 Å². The smallest absolute Gasteiger partial charge is 0.165 e. The Hall–Kier alpha value is -3.02. The van der Waals surface area contributed by atoms with Crippen molar-refractivity contribution in [3.8, 4) is 0 Å². The number of nitrogens with two attached hydrogens (primary N) is 1. The van der Waals surface area contributed by atoms with Crippen molar-refractivity contribution >= 4 is 27.9 Å². The third kappa shape index (κ3) is 1.97. The van der Waals surface area contributed by atoms with Crippen LogP contribution in [-0.4, -0.2) is 24.5 Å². The van der Waals surface area contributed by atoms with E-state index in [1.54, 1.807) is 12.5 Å². The molecule has 6 nitrogen and oxygen atoms in total. The molecule has 0 saturated heterocycles. The maximum atomic E-state index is 5.80. The van der Waals surface area contributed by atoms with E-state index in [1.807, 2.05) is 16.7 Å². The highest BCUT2D eigenvalue weighted by atomic mass is 15.1. The number of anilines is 1. The molecule has 21 heavy (non-hydrogen) atoms. The van der Waals surface area contributed by atoms with Crippen LogP contribution in [0.1, 0.15) is 5.56 Å². The van der Waals surface area contributed by atoms with Gasteiger partial charge in [-0.25, -0.2) is 15.0 Å². The molecule has 0 saturated carbocycles. The minimum Gasteiger partial charge on any atom is -0.382 e. The zero-order valence-corrected chi connectivity index (χ0v) is 11.1. The van der Waals surface area contributed by atoms with Gasteiger partial charge in [-0.15, -0.1) is 0 Å². The Morgan fingerprint density at radius 1 is 1.05 bits per heavy atom. The van der Waals surface area contributed by atoms with Crippen molar-refractivity contribution in [3.05, 3.63) is 54.7 Å². The largest absolute Gasteiger partial charge is 0.382 e. The van der Waals surface area contributed by atoms with E-state index in [1.165, 1.54) is 6.33 Å². The highest BCUT2D eigenvalue weighted by Gasteiger charge is 2.08. The Bertz CT molecular complexity index is 943. The first kappa shape index (κ1) is 11.8. The van der Waals surface area contributed by atoms with Crippen LogP contribution in [0.5, 0.6) is 0 Å². The normalized spacial score (nSPS) is 11.2. The molecule has 0 aliphatic rings. The van der Waals surface area contributed by atoms with Gasteiger partial charge in [0, 0.05) is 11.6 Å². The average molecular weight is 276 g/mol. The predicted molar refractivity (Wildman–Crippen MR) is 80.6 cm³/mol. The lowest BCUT2D eigenvalue weighted by Gasteiger charge is -2.05. The van der Waals surface area contributed by atoms with Crippen molar-refractivity contribution in [2.75, 3.05) is 5.73 Å². The molecule has 4 rings (SSSR count). The van der Waals surface area contributed by atoms with Crippen LogP contribution in [0, 0.1) is 0 Å². The van der Waals surface area contributed by atoms with Crippen molar-refractivity contribution in [2.45, 2.75) is 6.54 Å². The SMILES string of the molecule is Nc1ncnc2c1ncn2Cc1ccc2ncccc2c1. The summed E-state index contributed by atoms with van der Waals surface area (Å²) in [5, 5.41) is 1.12. The summed E-state index contributed by atoms with van der Waals surface area (Å²) < 4.78 is 1.96. The maximum absolute atomic E-state index is 5.80. The molecule has 0 aliphatic heterocycles. The molecule has 0 amide bonds. The molecule has 0 bridgehead atoms. The number of fused-ring (bicyclic) bond motifs is 2. The lowest BCUT2D eigenvalue weighted by molar-refractivity contribution is 0.814. The molecule has 0 atom stereocenters. The number of imidazole rings is 1. The highest BCUT2D eigenvalue weighted by molar-refractivity contribution is 5.81. The number of benzene rings is 1. The Kier molecular flexibility index (Phi) is 2.53. The molecule has 3 aromatic heterocycles. The molecule has 2 N–H and O–H groups in total. The van der Waals surface area contributed by atoms with E-state index in [2.05, 4.69) is 38.1 Å². The summed E-state index contributed by atoms with van der Waals surface area (Å²) in [5.74, 6) is 0.404. The van der Waals surface area contributed by atoms with Crippen molar-refractivity contribution < 1.29 is 0 Å².